The van der Waals surface area contributed by atoms with Crippen molar-refractivity contribution in [2.45, 2.75) is 37.0 Å². The minimum Gasteiger partial charge on any atom is -0.120 e. The first-order valence-corrected chi connectivity index (χ1v) is 7.81. The summed E-state index contributed by atoms with van der Waals surface area (Å²) in [6.07, 6.45) is 22.9. The maximum atomic E-state index is 5.40. The van der Waals surface area contributed by atoms with Crippen LogP contribution in [0.25, 0.3) is 0 Å². The molecule has 0 aliphatic rings. The lowest BCUT2D eigenvalue weighted by molar-refractivity contribution is 1.08. The summed E-state index contributed by atoms with van der Waals surface area (Å²) in [6, 6.07) is 3.58. The second-order valence-electron chi connectivity index (χ2n) is 3.67. The van der Waals surface area contributed by atoms with Crippen molar-refractivity contribution in [2.75, 3.05) is 0 Å². The summed E-state index contributed by atoms with van der Waals surface area (Å²) in [6.45, 7) is 0. The summed E-state index contributed by atoms with van der Waals surface area (Å²) in [5.74, 6) is 10.8. The molecule has 0 atom stereocenters. The quantitative estimate of drug-likeness (QED) is 0.469. The molecule has 0 aliphatic heterocycles. The molecule has 15 heavy (non-hydrogen) atoms. The Bertz CT molecular complexity index is 301. The van der Waals surface area contributed by atoms with Crippen molar-refractivity contribution in [1.29, 1.82) is 0 Å². The van der Waals surface area contributed by atoms with Crippen molar-refractivity contribution in [3.05, 3.63) is 0 Å². The van der Waals surface area contributed by atoms with Crippen LogP contribution in [0, 0.1) is 49.4 Å². The lowest BCUT2D eigenvalue weighted by Gasteiger charge is -2.26. The summed E-state index contributed by atoms with van der Waals surface area (Å²) in [5, 5.41) is 0. The summed E-state index contributed by atoms with van der Waals surface area (Å²) in [5.41, 5.74) is 0. The molecule has 0 N–H and O–H groups in total. The zero-order chi connectivity index (χ0) is 11.6. The normalized spacial score (nSPS) is 9.33. The SMILES string of the molecule is C#CCC[Si](CC#C)(CC#C)CCC#C. The van der Waals surface area contributed by atoms with Gasteiger partial charge < -0.3 is 0 Å². The highest BCUT2D eigenvalue weighted by molar-refractivity contribution is 6.81. The Morgan fingerprint density at radius 1 is 0.667 bits per heavy atom. The van der Waals surface area contributed by atoms with Crippen LogP contribution in [-0.4, -0.2) is 8.07 Å². The fourth-order valence-electron chi connectivity index (χ4n) is 1.65. The molecule has 0 aromatic heterocycles. The third-order valence-corrected chi connectivity index (χ3v) is 7.08. The monoisotopic (exact) mass is 212 g/mol. The van der Waals surface area contributed by atoms with Gasteiger partial charge in [0.25, 0.3) is 0 Å². The first kappa shape index (κ1) is 13.5. The molecule has 0 aromatic rings. The molecule has 0 amide bonds. The minimum atomic E-state index is -1.59. The minimum absolute atomic E-state index is 0.764. The molecule has 0 bridgehead atoms. The van der Waals surface area contributed by atoms with Gasteiger partial charge in [0.2, 0.25) is 0 Å². The van der Waals surface area contributed by atoms with E-state index in [4.69, 9.17) is 25.7 Å². The summed E-state index contributed by atoms with van der Waals surface area (Å²) in [7, 11) is -1.59. The Morgan fingerprint density at radius 2 is 1.07 bits per heavy atom. The Morgan fingerprint density at radius 3 is 1.33 bits per heavy atom. The van der Waals surface area contributed by atoms with Gasteiger partial charge in [0.15, 0.2) is 0 Å². The highest BCUT2D eigenvalue weighted by Gasteiger charge is 2.29. The molecule has 0 saturated heterocycles. The van der Waals surface area contributed by atoms with Crippen molar-refractivity contribution >= 4 is 8.07 Å². The molecule has 0 aliphatic carbocycles. The summed E-state index contributed by atoms with van der Waals surface area (Å²) in [4.78, 5) is 0. The summed E-state index contributed by atoms with van der Waals surface area (Å²) < 4.78 is 0. The van der Waals surface area contributed by atoms with Gasteiger partial charge in [-0.05, 0) is 12.1 Å². The van der Waals surface area contributed by atoms with E-state index in [1.807, 2.05) is 0 Å². The molecule has 0 saturated carbocycles. The average molecular weight is 212 g/mol. The molecule has 0 spiro atoms. The highest BCUT2D eigenvalue weighted by Crippen LogP contribution is 2.27. The maximum Gasteiger partial charge on any atom is 0.0807 e. The summed E-state index contributed by atoms with van der Waals surface area (Å²) >= 11 is 0. The van der Waals surface area contributed by atoms with Gasteiger partial charge in [-0.2, -0.15) is 0 Å². The van der Waals surface area contributed by atoms with Crippen LogP contribution in [0.15, 0.2) is 0 Å². The van der Waals surface area contributed by atoms with Gasteiger partial charge >= 0.3 is 0 Å². The van der Waals surface area contributed by atoms with Crippen LogP contribution < -0.4 is 0 Å². The number of hydrogen-bond donors (Lipinski definition) is 0. The van der Waals surface area contributed by atoms with Crippen LogP contribution in [0.1, 0.15) is 12.8 Å². The van der Waals surface area contributed by atoms with E-state index in [1.54, 1.807) is 0 Å². The molecule has 0 aromatic carbocycles. The molecule has 0 unspecified atom stereocenters. The van der Waals surface area contributed by atoms with E-state index in [0.717, 1.165) is 37.0 Å². The van der Waals surface area contributed by atoms with E-state index in [1.165, 1.54) is 0 Å². The van der Waals surface area contributed by atoms with Gasteiger partial charge in [-0.1, -0.05) is 0 Å². The number of hydrogen-bond acceptors (Lipinski definition) is 0. The number of terminal acetylenes is 4. The van der Waals surface area contributed by atoms with E-state index < -0.39 is 8.07 Å². The van der Waals surface area contributed by atoms with E-state index in [-0.39, 0.29) is 0 Å². The number of rotatable bonds is 6. The lowest BCUT2D eigenvalue weighted by Crippen LogP contribution is -2.32. The largest absolute Gasteiger partial charge is 0.120 e. The highest BCUT2D eigenvalue weighted by atomic mass is 28.3. The Balaban J connectivity index is 4.60. The van der Waals surface area contributed by atoms with Crippen LogP contribution in [-0.2, 0) is 0 Å². The zero-order valence-corrected chi connectivity index (χ0v) is 10.1. The molecule has 0 fully saturated rings. The van der Waals surface area contributed by atoms with Crippen molar-refractivity contribution in [3.63, 3.8) is 0 Å². The lowest BCUT2D eigenvalue weighted by atomic mass is 10.5. The Hall–Kier alpha value is -1.54. The zero-order valence-electron chi connectivity index (χ0n) is 9.05. The smallest absolute Gasteiger partial charge is 0.0807 e. The topological polar surface area (TPSA) is 0 Å². The molecule has 0 heterocycles. The Labute approximate surface area is 94.9 Å². The van der Waals surface area contributed by atoms with Gasteiger partial charge in [0.05, 0.1) is 8.07 Å². The van der Waals surface area contributed by atoms with Crippen LogP contribution in [0.5, 0.6) is 0 Å². The molecular formula is C14H16Si. The van der Waals surface area contributed by atoms with Crippen LogP contribution in [0.4, 0.5) is 0 Å². The molecule has 0 nitrogen and oxygen atoms in total. The molecule has 1 heteroatoms. The van der Waals surface area contributed by atoms with Gasteiger partial charge in [-0.3, -0.25) is 0 Å². The van der Waals surface area contributed by atoms with E-state index in [2.05, 4.69) is 23.7 Å². The second-order valence-corrected chi connectivity index (χ2v) is 8.38. The van der Waals surface area contributed by atoms with E-state index in [9.17, 15) is 0 Å². The maximum absolute atomic E-state index is 5.40. The molecule has 76 valence electrons. The van der Waals surface area contributed by atoms with E-state index in [0.29, 0.717) is 0 Å². The van der Waals surface area contributed by atoms with Crippen LogP contribution in [0.3, 0.4) is 0 Å². The van der Waals surface area contributed by atoms with Gasteiger partial charge in [-0.15, -0.1) is 49.4 Å². The van der Waals surface area contributed by atoms with Gasteiger partial charge in [0, 0.05) is 24.9 Å². The standard InChI is InChI=1S/C14H16Si/c1-5-9-13-15(11-7-3,12-8-4)14-10-6-2/h1-4H,9-14H2. The van der Waals surface area contributed by atoms with Gasteiger partial charge in [-0.25, -0.2) is 0 Å². The third kappa shape index (κ3) is 5.03. The average Bonchev–Trinajstić information content (AvgIpc) is 2.24. The second kappa shape index (κ2) is 7.82. The fraction of sp³-hybridized carbons (Fsp3) is 0.429. The van der Waals surface area contributed by atoms with Crippen molar-refractivity contribution in [3.8, 4) is 49.4 Å². The molecule has 0 radical (unpaired) electrons. The van der Waals surface area contributed by atoms with Crippen LogP contribution >= 0.6 is 0 Å². The van der Waals surface area contributed by atoms with Crippen LogP contribution in [0.2, 0.25) is 24.2 Å². The predicted octanol–water partition coefficient (Wildman–Crippen LogP) is 2.75. The Kier molecular flexibility index (Phi) is 7.02. The van der Waals surface area contributed by atoms with Gasteiger partial charge in [0.1, 0.15) is 0 Å². The molecule has 0 rings (SSSR count). The first-order chi connectivity index (χ1) is 7.24. The fourth-order valence-corrected chi connectivity index (χ4v) is 4.95. The van der Waals surface area contributed by atoms with Crippen molar-refractivity contribution < 1.29 is 0 Å². The van der Waals surface area contributed by atoms with E-state index >= 15 is 0 Å². The predicted molar refractivity (Wildman–Crippen MR) is 69.5 cm³/mol. The van der Waals surface area contributed by atoms with Crippen molar-refractivity contribution in [2.24, 2.45) is 0 Å². The molecular weight excluding hydrogens is 196 g/mol. The first-order valence-electron chi connectivity index (χ1n) is 4.98. The third-order valence-electron chi connectivity index (χ3n) is 2.55. The van der Waals surface area contributed by atoms with Crippen molar-refractivity contribution in [1.82, 2.24) is 0 Å².